The Bertz CT molecular complexity index is 713. The zero-order chi connectivity index (χ0) is 19.1. The van der Waals surface area contributed by atoms with E-state index in [0.717, 1.165) is 38.6 Å². The molecule has 1 unspecified atom stereocenters. The summed E-state index contributed by atoms with van der Waals surface area (Å²) in [5, 5.41) is 3.42. The van der Waals surface area contributed by atoms with Gasteiger partial charge in [-0.05, 0) is 31.2 Å². The first-order valence-electron chi connectivity index (χ1n) is 10.1. The fraction of sp³-hybridized carbons (Fsp3) is 0.650. The summed E-state index contributed by atoms with van der Waals surface area (Å²) in [6, 6.07) is 10.7. The van der Waals surface area contributed by atoms with E-state index in [1.165, 1.54) is 12.0 Å². The van der Waals surface area contributed by atoms with Crippen LogP contribution in [0.25, 0.3) is 0 Å². The van der Waals surface area contributed by atoms with E-state index in [4.69, 9.17) is 4.99 Å². The van der Waals surface area contributed by atoms with E-state index in [1.807, 2.05) is 0 Å². The molecule has 1 aromatic rings. The van der Waals surface area contributed by atoms with Crippen LogP contribution >= 0.6 is 24.0 Å². The van der Waals surface area contributed by atoms with Gasteiger partial charge in [0.15, 0.2) is 15.8 Å². The van der Waals surface area contributed by atoms with Gasteiger partial charge in [-0.15, -0.1) is 24.0 Å². The van der Waals surface area contributed by atoms with Gasteiger partial charge < -0.3 is 10.2 Å². The quantitative estimate of drug-likeness (QED) is 0.353. The lowest BCUT2D eigenvalue weighted by atomic mass is 9.99. The van der Waals surface area contributed by atoms with Crippen LogP contribution in [-0.2, 0) is 16.3 Å². The lowest BCUT2D eigenvalue weighted by Gasteiger charge is -2.26. The van der Waals surface area contributed by atoms with Gasteiger partial charge >= 0.3 is 0 Å². The van der Waals surface area contributed by atoms with Crippen molar-refractivity contribution < 1.29 is 8.42 Å². The summed E-state index contributed by atoms with van der Waals surface area (Å²) in [4.78, 5) is 9.39. The molecule has 0 aromatic heterocycles. The number of guanidine groups is 1. The van der Waals surface area contributed by atoms with Crippen LogP contribution in [0.1, 0.15) is 18.9 Å². The van der Waals surface area contributed by atoms with Crippen LogP contribution in [0.4, 0.5) is 0 Å². The minimum absolute atomic E-state index is 0. The fourth-order valence-corrected chi connectivity index (χ4v) is 5.11. The Kier molecular flexibility index (Phi) is 9.49. The fourth-order valence-electron chi connectivity index (χ4n) is 3.84. The van der Waals surface area contributed by atoms with E-state index in [9.17, 15) is 8.42 Å². The Labute approximate surface area is 186 Å². The molecule has 6 nitrogen and oxygen atoms in total. The number of nitrogens with one attached hydrogen (secondary N) is 1. The predicted molar refractivity (Wildman–Crippen MR) is 126 cm³/mol. The molecule has 2 fully saturated rings. The molecule has 0 radical (unpaired) electrons. The molecule has 2 aliphatic heterocycles. The molecule has 0 spiro atoms. The van der Waals surface area contributed by atoms with Crippen LogP contribution in [0.5, 0.6) is 0 Å². The van der Waals surface area contributed by atoms with Crippen LogP contribution in [0, 0.1) is 5.92 Å². The van der Waals surface area contributed by atoms with E-state index in [-0.39, 0.29) is 35.5 Å². The Morgan fingerprint density at radius 2 is 1.89 bits per heavy atom. The third kappa shape index (κ3) is 7.18. The van der Waals surface area contributed by atoms with E-state index < -0.39 is 9.84 Å². The smallest absolute Gasteiger partial charge is 0.193 e. The minimum atomic E-state index is -2.81. The molecule has 0 aliphatic carbocycles. The SMILES string of the molecule is CCNC(=NCCN1CCS(=O)(=O)CC1)N1CCC(Cc2ccccc2)C1.I. The van der Waals surface area contributed by atoms with Crippen LogP contribution in [0.2, 0.25) is 0 Å². The standard InChI is InChI=1S/C20H32N4O2S.HI/c1-2-21-20(22-9-11-23-12-14-27(25,26)15-13-23)24-10-8-19(17-24)16-18-6-4-3-5-7-18;/h3-7,19H,2,8-17H2,1H3,(H,21,22);1H. The molecule has 0 amide bonds. The van der Waals surface area contributed by atoms with Crippen molar-refractivity contribution in [3.63, 3.8) is 0 Å². The Balaban J connectivity index is 0.00000280. The number of hydrogen-bond donors (Lipinski definition) is 1. The number of benzene rings is 1. The number of nitrogens with zero attached hydrogens (tertiary/aromatic N) is 3. The maximum absolute atomic E-state index is 11.5. The van der Waals surface area contributed by atoms with Crippen molar-refractivity contribution >= 4 is 39.8 Å². The zero-order valence-corrected chi connectivity index (χ0v) is 19.9. The topological polar surface area (TPSA) is 65.0 Å². The molecule has 1 N–H and O–H groups in total. The highest BCUT2D eigenvalue weighted by Gasteiger charge is 2.25. The van der Waals surface area contributed by atoms with Crippen LogP contribution in [0.15, 0.2) is 35.3 Å². The van der Waals surface area contributed by atoms with E-state index >= 15 is 0 Å². The lowest BCUT2D eigenvalue weighted by molar-refractivity contribution is 0.303. The van der Waals surface area contributed by atoms with Crippen molar-refractivity contribution in [2.45, 2.75) is 19.8 Å². The van der Waals surface area contributed by atoms with Gasteiger partial charge in [-0.1, -0.05) is 30.3 Å². The third-order valence-electron chi connectivity index (χ3n) is 5.40. The Morgan fingerprint density at radius 1 is 1.18 bits per heavy atom. The second kappa shape index (κ2) is 11.3. The summed E-state index contributed by atoms with van der Waals surface area (Å²) in [7, 11) is -2.81. The number of halogens is 1. The van der Waals surface area contributed by atoms with Gasteiger partial charge in [0.1, 0.15) is 0 Å². The van der Waals surface area contributed by atoms with Crippen molar-refractivity contribution in [1.29, 1.82) is 0 Å². The van der Waals surface area contributed by atoms with Crippen LogP contribution in [-0.4, -0.2) is 81.5 Å². The Hall–Kier alpha value is -0.870. The van der Waals surface area contributed by atoms with Crippen molar-refractivity contribution in [1.82, 2.24) is 15.1 Å². The van der Waals surface area contributed by atoms with Gasteiger partial charge in [-0.25, -0.2) is 8.42 Å². The molecule has 1 atom stereocenters. The van der Waals surface area contributed by atoms with E-state index in [1.54, 1.807) is 0 Å². The van der Waals surface area contributed by atoms with Gasteiger partial charge in [0.05, 0.1) is 18.1 Å². The molecule has 2 heterocycles. The first kappa shape index (κ1) is 23.4. The molecular weight excluding hydrogens is 487 g/mol. The molecule has 3 rings (SSSR count). The zero-order valence-electron chi connectivity index (χ0n) is 16.7. The second-order valence-corrected chi connectivity index (χ2v) is 9.82. The maximum atomic E-state index is 11.5. The van der Waals surface area contributed by atoms with Gasteiger partial charge in [0.2, 0.25) is 0 Å². The number of likely N-dealkylation sites (tertiary alicyclic amines) is 1. The van der Waals surface area contributed by atoms with Crippen molar-refractivity contribution in [2.75, 3.05) is 57.3 Å². The molecule has 8 heteroatoms. The highest BCUT2D eigenvalue weighted by Crippen LogP contribution is 2.20. The highest BCUT2D eigenvalue weighted by atomic mass is 127. The predicted octanol–water partition coefficient (Wildman–Crippen LogP) is 1.86. The summed E-state index contributed by atoms with van der Waals surface area (Å²) in [5.74, 6) is 2.23. The van der Waals surface area contributed by atoms with Gasteiger partial charge in [-0.2, -0.15) is 0 Å². The Morgan fingerprint density at radius 3 is 2.57 bits per heavy atom. The molecule has 28 heavy (non-hydrogen) atoms. The lowest BCUT2D eigenvalue weighted by Crippen LogP contribution is -2.43. The van der Waals surface area contributed by atoms with Gasteiger partial charge in [0, 0.05) is 39.3 Å². The van der Waals surface area contributed by atoms with Gasteiger partial charge in [-0.3, -0.25) is 9.89 Å². The van der Waals surface area contributed by atoms with Gasteiger partial charge in [0.25, 0.3) is 0 Å². The van der Waals surface area contributed by atoms with E-state index in [2.05, 4.69) is 52.4 Å². The van der Waals surface area contributed by atoms with Crippen LogP contribution in [0.3, 0.4) is 0 Å². The summed E-state index contributed by atoms with van der Waals surface area (Å²) in [5.41, 5.74) is 1.41. The summed E-state index contributed by atoms with van der Waals surface area (Å²) < 4.78 is 23.1. The molecular formula is C20H33IN4O2S. The maximum Gasteiger partial charge on any atom is 0.193 e. The van der Waals surface area contributed by atoms with E-state index in [0.29, 0.717) is 25.6 Å². The normalized spacial score (nSPS) is 22.7. The molecule has 1 aromatic carbocycles. The average Bonchev–Trinajstić information content (AvgIpc) is 3.11. The monoisotopic (exact) mass is 520 g/mol. The molecule has 0 bridgehead atoms. The molecule has 0 saturated carbocycles. The third-order valence-corrected chi connectivity index (χ3v) is 7.01. The first-order chi connectivity index (χ1) is 13.1. The second-order valence-electron chi connectivity index (χ2n) is 7.52. The van der Waals surface area contributed by atoms with Crippen molar-refractivity contribution in [2.24, 2.45) is 10.9 Å². The van der Waals surface area contributed by atoms with Crippen molar-refractivity contribution in [3.8, 4) is 0 Å². The molecule has 158 valence electrons. The number of aliphatic imine (C=N–C) groups is 1. The number of hydrogen-bond acceptors (Lipinski definition) is 4. The summed E-state index contributed by atoms with van der Waals surface area (Å²) in [6.45, 7) is 7.86. The van der Waals surface area contributed by atoms with Crippen molar-refractivity contribution in [3.05, 3.63) is 35.9 Å². The highest BCUT2D eigenvalue weighted by molar-refractivity contribution is 14.0. The number of sulfone groups is 1. The largest absolute Gasteiger partial charge is 0.357 e. The number of rotatable bonds is 6. The summed E-state index contributed by atoms with van der Waals surface area (Å²) in [6.07, 6.45) is 2.32. The summed E-state index contributed by atoms with van der Waals surface area (Å²) >= 11 is 0. The minimum Gasteiger partial charge on any atom is -0.357 e. The molecule has 2 saturated heterocycles. The molecule has 2 aliphatic rings. The van der Waals surface area contributed by atoms with Crippen LogP contribution < -0.4 is 5.32 Å². The first-order valence-corrected chi connectivity index (χ1v) is 11.9. The average molecular weight is 520 g/mol.